The minimum atomic E-state index is -0.0439. The molecule has 0 aliphatic carbocycles. The summed E-state index contributed by atoms with van der Waals surface area (Å²) in [5.74, 6) is 1.89. The lowest BCUT2D eigenvalue weighted by Gasteiger charge is -2.27. The van der Waals surface area contributed by atoms with Crippen LogP contribution in [0.15, 0.2) is 0 Å². The van der Waals surface area contributed by atoms with Gasteiger partial charge < -0.3 is 18.9 Å². The molecule has 0 aliphatic rings. The number of hydrogen-bond acceptors (Lipinski definition) is 4. The fraction of sp³-hybridized carbons (Fsp3) is 1.00. The van der Waals surface area contributed by atoms with Gasteiger partial charge in [0.2, 0.25) is 0 Å². The van der Waals surface area contributed by atoms with Crippen LogP contribution in [0, 0.1) is 17.8 Å². The molecule has 5 atom stereocenters. The maximum absolute atomic E-state index is 6.06. The zero-order valence-corrected chi connectivity index (χ0v) is 21.1. The van der Waals surface area contributed by atoms with E-state index in [0.717, 1.165) is 65.0 Å². The first-order valence-electron chi connectivity index (χ1n) is 12.0. The molecule has 0 aromatic rings. The number of methoxy groups -OCH3 is 1. The molecule has 0 saturated carbocycles. The number of ether oxygens (including phenoxy) is 4. The zero-order valence-electron chi connectivity index (χ0n) is 21.1. The van der Waals surface area contributed by atoms with Crippen LogP contribution in [0.4, 0.5) is 0 Å². The van der Waals surface area contributed by atoms with Crippen LogP contribution in [-0.4, -0.2) is 51.3 Å². The molecule has 0 heterocycles. The van der Waals surface area contributed by atoms with Crippen LogP contribution in [-0.2, 0) is 18.9 Å². The molecule has 176 valence electrons. The van der Waals surface area contributed by atoms with Gasteiger partial charge in [0.15, 0.2) is 0 Å². The third-order valence-electron chi connectivity index (χ3n) is 5.85. The summed E-state index contributed by atoms with van der Waals surface area (Å²) in [6, 6.07) is 0. The van der Waals surface area contributed by atoms with Crippen molar-refractivity contribution in [3.63, 3.8) is 0 Å². The van der Waals surface area contributed by atoms with Crippen molar-refractivity contribution in [2.24, 2.45) is 17.8 Å². The van der Waals surface area contributed by atoms with Gasteiger partial charge in [0.1, 0.15) is 0 Å². The van der Waals surface area contributed by atoms with Gasteiger partial charge in [-0.15, -0.1) is 0 Å². The highest BCUT2D eigenvalue weighted by atomic mass is 16.5. The monoisotopic (exact) mass is 416 g/mol. The predicted octanol–water partition coefficient (Wildman–Crippen LogP) is 6.51. The summed E-state index contributed by atoms with van der Waals surface area (Å²) < 4.78 is 23.1. The van der Waals surface area contributed by atoms with Crippen LogP contribution in [0.5, 0.6) is 0 Å². The summed E-state index contributed by atoms with van der Waals surface area (Å²) in [4.78, 5) is 0. The molecule has 0 bridgehead atoms. The average Bonchev–Trinajstić information content (AvgIpc) is 2.61. The van der Waals surface area contributed by atoms with Gasteiger partial charge in [-0.3, -0.25) is 0 Å². The Morgan fingerprint density at radius 2 is 1.14 bits per heavy atom. The lowest BCUT2D eigenvalue weighted by molar-refractivity contribution is -0.00622. The molecule has 29 heavy (non-hydrogen) atoms. The highest BCUT2D eigenvalue weighted by Crippen LogP contribution is 2.22. The van der Waals surface area contributed by atoms with Crippen LogP contribution in [0.25, 0.3) is 0 Å². The smallest absolute Gasteiger partial charge is 0.0625 e. The second-order valence-corrected chi connectivity index (χ2v) is 9.88. The molecule has 0 aromatic heterocycles. The van der Waals surface area contributed by atoms with Gasteiger partial charge in [0.05, 0.1) is 17.8 Å². The van der Waals surface area contributed by atoms with Crippen molar-refractivity contribution in [2.75, 3.05) is 33.5 Å². The van der Waals surface area contributed by atoms with E-state index in [9.17, 15) is 0 Å². The molecule has 0 fully saturated rings. The van der Waals surface area contributed by atoms with E-state index in [4.69, 9.17) is 18.9 Å². The number of hydrogen-bond donors (Lipinski definition) is 0. The Morgan fingerprint density at radius 1 is 0.690 bits per heavy atom. The summed E-state index contributed by atoms with van der Waals surface area (Å²) in [5, 5.41) is 0. The maximum atomic E-state index is 6.06. The quantitative estimate of drug-likeness (QED) is 0.225. The maximum Gasteiger partial charge on any atom is 0.0625 e. The van der Waals surface area contributed by atoms with Crippen molar-refractivity contribution in [3.05, 3.63) is 0 Å². The Morgan fingerprint density at radius 3 is 1.59 bits per heavy atom. The zero-order chi connectivity index (χ0) is 22.3. The Kier molecular flexibility index (Phi) is 16.4. The summed E-state index contributed by atoms with van der Waals surface area (Å²) in [6.45, 7) is 21.0. The molecule has 0 saturated heterocycles. The van der Waals surface area contributed by atoms with E-state index in [1.165, 1.54) is 0 Å². The van der Waals surface area contributed by atoms with Crippen molar-refractivity contribution >= 4 is 0 Å². The van der Waals surface area contributed by atoms with Gasteiger partial charge in [-0.25, -0.2) is 0 Å². The highest BCUT2D eigenvalue weighted by molar-refractivity contribution is 4.71. The van der Waals surface area contributed by atoms with E-state index < -0.39 is 0 Å². The topological polar surface area (TPSA) is 36.9 Å². The lowest BCUT2D eigenvalue weighted by Crippen LogP contribution is -2.26. The van der Waals surface area contributed by atoms with Crippen LogP contribution < -0.4 is 0 Å². The minimum Gasteiger partial charge on any atom is -0.382 e. The standard InChI is InChI=1S/C25H52O4/c1-10-27-14-11-20(2)17-23(5)28-15-12-21(3)18-24(6)29-16-13-22(4)19-25(7,8)26-9/h20-24H,10-19H2,1-9H3. The van der Waals surface area contributed by atoms with Gasteiger partial charge in [0.25, 0.3) is 0 Å². The Balaban J connectivity index is 3.81. The normalized spacial score (nSPS) is 17.7. The summed E-state index contributed by atoms with van der Waals surface area (Å²) in [7, 11) is 1.79. The largest absolute Gasteiger partial charge is 0.382 e. The van der Waals surface area contributed by atoms with Crippen LogP contribution in [0.1, 0.15) is 93.9 Å². The highest BCUT2D eigenvalue weighted by Gasteiger charge is 2.20. The molecule has 0 spiro atoms. The first-order valence-corrected chi connectivity index (χ1v) is 12.0. The van der Waals surface area contributed by atoms with E-state index in [1.54, 1.807) is 7.11 Å². The van der Waals surface area contributed by atoms with Gasteiger partial charge in [-0.2, -0.15) is 0 Å². The van der Waals surface area contributed by atoms with Gasteiger partial charge in [-0.1, -0.05) is 20.8 Å². The van der Waals surface area contributed by atoms with E-state index in [-0.39, 0.29) is 5.60 Å². The molecular weight excluding hydrogens is 364 g/mol. The second-order valence-electron chi connectivity index (χ2n) is 9.88. The fourth-order valence-electron chi connectivity index (χ4n) is 3.90. The van der Waals surface area contributed by atoms with E-state index in [1.807, 2.05) is 6.92 Å². The van der Waals surface area contributed by atoms with Crippen molar-refractivity contribution in [3.8, 4) is 0 Å². The van der Waals surface area contributed by atoms with E-state index >= 15 is 0 Å². The number of rotatable bonds is 19. The lowest BCUT2D eigenvalue weighted by atomic mass is 9.92. The third kappa shape index (κ3) is 17.2. The van der Waals surface area contributed by atoms with Crippen LogP contribution in [0.2, 0.25) is 0 Å². The molecule has 4 nitrogen and oxygen atoms in total. The third-order valence-corrected chi connectivity index (χ3v) is 5.85. The Hall–Kier alpha value is -0.160. The van der Waals surface area contributed by atoms with Crippen LogP contribution in [0.3, 0.4) is 0 Å². The molecule has 4 heteroatoms. The van der Waals surface area contributed by atoms with Crippen molar-refractivity contribution < 1.29 is 18.9 Å². The molecule has 0 rings (SSSR count). The molecule has 5 unspecified atom stereocenters. The Bertz CT molecular complexity index is 372. The SMILES string of the molecule is CCOCCC(C)CC(C)OCCC(C)CC(C)OCCC(C)CC(C)(C)OC. The Labute approximate surface area is 182 Å². The predicted molar refractivity (Wildman–Crippen MR) is 124 cm³/mol. The first kappa shape index (κ1) is 28.8. The van der Waals surface area contributed by atoms with Crippen molar-refractivity contribution in [2.45, 2.75) is 112 Å². The van der Waals surface area contributed by atoms with Gasteiger partial charge >= 0.3 is 0 Å². The minimum absolute atomic E-state index is 0.0439. The molecule has 0 aromatic carbocycles. The van der Waals surface area contributed by atoms with Gasteiger partial charge in [-0.05, 0) is 90.9 Å². The molecule has 0 amide bonds. The van der Waals surface area contributed by atoms with Gasteiger partial charge in [0, 0.05) is 33.5 Å². The summed E-state index contributed by atoms with van der Waals surface area (Å²) in [6.07, 6.45) is 7.22. The van der Waals surface area contributed by atoms with E-state index in [2.05, 4.69) is 48.5 Å². The van der Waals surface area contributed by atoms with Crippen LogP contribution >= 0.6 is 0 Å². The fourth-order valence-corrected chi connectivity index (χ4v) is 3.90. The molecule has 0 N–H and O–H groups in total. The first-order chi connectivity index (χ1) is 13.6. The summed E-state index contributed by atoms with van der Waals surface area (Å²) >= 11 is 0. The molecule has 0 aliphatic heterocycles. The van der Waals surface area contributed by atoms with Crippen molar-refractivity contribution in [1.82, 2.24) is 0 Å². The van der Waals surface area contributed by atoms with Crippen molar-refractivity contribution in [1.29, 1.82) is 0 Å². The second kappa shape index (κ2) is 16.5. The average molecular weight is 417 g/mol. The summed E-state index contributed by atoms with van der Waals surface area (Å²) in [5.41, 5.74) is -0.0439. The molecule has 0 radical (unpaired) electrons. The molecular formula is C25H52O4. The van der Waals surface area contributed by atoms with E-state index in [0.29, 0.717) is 30.0 Å².